The zero-order chi connectivity index (χ0) is 17.5. The van der Waals surface area contributed by atoms with Crippen LogP contribution in [0.25, 0.3) is 0 Å². The lowest BCUT2D eigenvalue weighted by Crippen LogP contribution is -2.43. The molecule has 2 aromatic carbocycles. The summed E-state index contributed by atoms with van der Waals surface area (Å²) in [5, 5.41) is 3.94. The molecule has 0 amide bonds. The number of aryl methyl sites for hydroxylation is 4. The minimum atomic E-state index is 0.0959. The van der Waals surface area contributed by atoms with Crippen molar-refractivity contribution in [2.24, 2.45) is 0 Å². The molecule has 0 bridgehead atoms. The van der Waals surface area contributed by atoms with Gasteiger partial charge in [0.15, 0.2) is 0 Å². The van der Waals surface area contributed by atoms with Crippen molar-refractivity contribution in [3.63, 3.8) is 0 Å². The molecule has 0 aliphatic heterocycles. The fourth-order valence-corrected chi connectivity index (χ4v) is 4.30. The Kier molecular flexibility index (Phi) is 4.57. The topological polar surface area (TPSA) is 12.0 Å². The SMILES string of the molecule is Cc1cccc([C@H]2CCc3cc(C)cc(C)c3[C@@H]2NC(C)(C)C)c1. The Morgan fingerprint density at radius 2 is 1.71 bits per heavy atom. The number of hydrogen-bond donors (Lipinski definition) is 1. The lowest BCUT2D eigenvalue weighted by atomic mass is 9.73. The molecule has 24 heavy (non-hydrogen) atoms. The van der Waals surface area contributed by atoms with Gasteiger partial charge in [0.2, 0.25) is 0 Å². The first-order chi connectivity index (χ1) is 11.2. The molecule has 0 saturated carbocycles. The van der Waals surface area contributed by atoms with E-state index < -0.39 is 0 Å². The van der Waals surface area contributed by atoms with Crippen molar-refractivity contribution >= 4 is 0 Å². The van der Waals surface area contributed by atoms with E-state index in [1.807, 2.05) is 0 Å². The van der Waals surface area contributed by atoms with E-state index in [1.54, 1.807) is 0 Å². The van der Waals surface area contributed by atoms with Crippen molar-refractivity contribution in [3.05, 3.63) is 69.8 Å². The van der Waals surface area contributed by atoms with Gasteiger partial charge in [-0.3, -0.25) is 0 Å². The van der Waals surface area contributed by atoms with Crippen LogP contribution in [-0.4, -0.2) is 5.54 Å². The van der Waals surface area contributed by atoms with Gasteiger partial charge in [-0.1, -0.05) is 47.5 Å². The van der Waals surface area contributed by atoms with Gasteiger partial charge in [0.05, 0.1) is 0 Å². The summed E-state index contributed by atoms with van der Waals surface area (Å²) in [6.07, 6.45) is 2.39. The Bertz CT molecular complexity index is 736. The summed E-state index contributed by atoms with van der Waals surface area (Å²) in [6.45, 7) is 13.5. The molecule has 2 atom stereocenters. The van der Waals surface area contributed by atoms with Gasteiger partial charge in [-0.15, -0.1) is 0 Å². The maximum Gasteiger partial charge on any atom is 0.0399 e. The molecule has 0 saturated heterocycles. The number of rotatable bonds is 2. The molecule has 1 aliphatic carbocycles. The van der Waals surface area contributed by atoms with E-state index in [0.717, 1.165) is 0 Å². The van der Waals surface area contributed by atoms with Crippen LogP contribution in [0.3, 0.4) is 0 Å². The number of benzene rings is 2. The Balaban J connectivity index is 2.10. The summed E-state index contributed by atoms with van der Waals surface area (Å²) >= 11 is 0. The van der Waals surface area contributed by atoms with E-state index in [0.29, 0.717) is 12.0 Å². The van der Waals surface area contributed by atoms with Crippen molar-refractivity contribution in [1.29, 1.82) is 0 Å². The molecule has 2 aromatic rings. The minimum Gasteiger partial charge on any atom is -0.305 e. The maximum absolute atomic E-state index is 3.94. The highest BCUT2D eigenvalue weighted by Crippen LogP contribution is 2.43. The maximum atomic E-state index is 3.94. The molecule has 0 heterocycles. The smallest absolute Gasteiger partial charge is 0.0399 e. The fraction of sp³-hybridized carbons (Fsp3) is 0.478. The second kappa shape index (κ2) is 6.37. The third-order valence-corrected chi connectivity index (χ3v) is 5.11. The van der Waals surface area contributed by atoms with Gasteiger partial charge in [-0.25, -0.2) is 0 Å². The second-order valence-corrected chi connectivity index (χ2v) is 8.59. The molecule has 128 valence electrons. The molecule has 1 nitrogen and oxygen atoms in total. The second-order valence-electron chi connectivity index (χ2n) is 8.59. The highest BCUT2D eigenvalue weighted by Gasteiger charge is 2.34. The molecule has 1 aliphatic rings. The quantitative estimate of drug-likeness (QED) is 0.740. The van der Waals surface area contributed by atoms with E-state index >= 15 is 0 Å². The Morgan fingerprint density at radius 1 is 0.958 bits per heavy atom. The van der Waals surface area contributed by atoms with Crippen LogP contribution in [0, 0.1) is 20.8 Å². The highest BCUT2D eigenvalue weighted by molar-refractivity contribution is 5.45. The summed E-state index contributed by atoms with van der Waals surface area (Å²) in [5.74, 6) is 0.540. The van der Waals surface area contributed by atoms with Gasteiger partial charge in [0, 0.05) is 17.5 Å². The third kappa shape index (κ3) is 3.57. The van der Waals surface area contributed by atoms with E-state index in [2.05, 4.69) is 83.3 Å². The first kappa shape index (κ1) is 17.2. The lowest BCUT2D eigenvalue weighted by Gasteiger charge is -2.40. The largest absolute Gasteiger partial charge is 0.305 e. The summed E-state index contributed by atoms with van der Waals surface area (Å²) in [6, 6.07) is 14.2. The predicted molar refractivity (Wildman–Crippen MR) is 104 cm³/mol. The van der Waals surface area contributed by atoms with Gasteiger partial charge in [-0.05, 0) is 76.6 Å². The zero-order valence-corrected chi connectivity index (χ0v) is 16.0. The minimum absolute atomic E-state index is 0.0959. The van der Waals surface area contributed by atoms with Gasteiger partial charge in [0.1, 0.15) is 0 Å². The van der Waals surface area contributed by atoms with Crippen molar-refractivity contribution < 1.29 is 0 Å². The predicted octanol–water partition coefficient (Wildman–Crippen LogP) is 5.77. The Morgan fingerprint density at radius 3 is 2.38 bits per heavy atom. The van der Waals surface area contributed by atoms with E-state index in [4.69, 9.17) is 0 Å². The molecular weight excluding hydrogens is 290 g/mol. The molecule has 0 radical (unpaired) electrons. The first-order valence-electron chi connectivity index (χ1n) is 9.19. The number of nitrogens with one attached hydrogen (secondary N) is 1. The van der Waals surface area contributed by atoms with E-state index in [1.165, 1.54) is 46.2 Å². The van der Waals surface area contributed by atoms with Crippen LogP contribution in [0.4, 0.5) is 0 Å². The monoisotopic (exact) mass is 321 g/mol. The zero-order valence-electron chi connectivity index (χ0n) is 16.0. The van der Waals surface area contributed by atoms with Crippen molar-refractivity contribution in [3.8, 4) is 0 Å². The van der Waals surface area contributed by atoms with E-state index in [9.17, 15) is 0 Å². The van der Waals surface area contributed by atoms with Crippen LogP contribution in [0.5, 0.6) is 0 Å². The third-order valence-electron chi connectivity index (χ3n) is 5.11. The summed E-state index contributed by atoms with van der Waals surface area (Å²) < 4.78 is 0. The van der Waals surface area contributed by atoms with Crippen molar-refractivity contribution in [1.82, 2.24) is 5.32 Å². The lowest BCUT2D eigenvalue weighted by molar-refractivity contribution is 0.306. The standard InChI is InChI=1S/C23H31N/c1-15-8-7-9-18(13-15)20-11-10-19-14-16(2)12-17(3)21(19)22(20)24-23(4,5)6/h7-9,12-14,20,22,24H,10-11H2,1-6H3/t20-,22-/m1/s1. The fourth-order valence-electron chi connectivity index (χ4n) is 4.30. The first-order valence-corrected chi connectivity index (χ1v) is 9.19. The molecule has 3 rings (SSSR count). The van der Waals surface area contributed by atoms with Crippen LogP contribution in [0.15, 0.2) is 36.4 Å². The van der Waals surface area contributed by atoms with E-state index in [-0.39, 0.29) is 5.54 Å². The molecular formula is C23H31N. The van der Waals surface area contributed by atoms with Crippen LogP contribution < -0.4 is 5.32 Å². The normalized spacial score (nSPS) is 20.8. The molecule has 0 aromatic heterocycles. The van der Waals surface area contributed by atoms with Crippen molar-refractivity contribution in [2.45, 2.75) is 71.9 Å². The average molecular weight is 322 g/mol. The van der Waals surface area contributed by atoms with Gasteiger partial charge < -0.3 is 5.32 Å². The molecule has 1 heteroatoms. The van der Waals surface area contributed by atoms with Gasteiger partial charge >= 0.3 is 0 Å². The summed E-state index contributed by atoms with van der Waals surface area (Å²) in [5.41, 5.74) is 8.82. The highest BCUT2D eigenvalue weighted by atomic mass is 15.0. The van der Waals surface area contributed by atoms with Crippen LogP contribution >= 0.6 is 0 Å². The summed E-state index contributed by atoms with van der Waals surface area (Å²) in [4.78, 5) is 0. The van der Waals surface area contributed by atoms with Crippen molar-refractivity contribution in [2.75, 3.05) is 0 Å². The molecule has 1 N–H and O–H groups in total. The van der Waals surface area contributed by atoms with Crippen LogP contribution in [-0.2, 0) is 6.42 Å². The summed E-state index contributed by atoms with van der Waals surface area (Å²) in [7, 11) is 0. The number of fused-ring (bicyclic) bond motifs is 1. The van der Waals surface area contributed by atoms with Crippen LogP contribution in [0.2, 0.25) is 0 Å². The Labute approximate surface area is 147 Å². The van der Waals surface area contributed by atoms with Gasteiger partial charge in [-0.2, -0.15) is 0 Å². The number of hydrogen-bond acceptors (Lipinski definition) is 1. The molecule has 0 unspecified atom stereocenters. The average Bonchev–Trinajstić information content (AvgIpc) is 2.45. The van der Waals surface area contributed by atoms with Crippen LogP contribution in [0.1, 0.15) is 72.5 Å². The molecule has 0 spiro atoms. The Hall–Kier alpha value is -1.60. The van der Waals surface area contributed by atoms with Gasteiger partial charge in [0.25, 0.3) is 0 Å². The molecule has 0 fully saturated rings.